The van der Waals surface area contributed by atoms with Gasteiger partial charge in [-0.05, 0) is 31.9 Å². The van der Waals surface area contributed by atoms with E-state index in [1.54, 1.807) is 18.2 Å². The van der Waals surface area contributed by atoms with E-state index in [4.69, 9.17) is 0 Å². The van der Waals surface area contributed by atoms with Gasteiger partial charge in [-0.1, -0.05) is 37.3 Å². The summed E-state index contributed by atoms with van der Waals surface area (Å²) in [7, 11) is 0. The van der Waals surface area contributed by atoms with Crippen molar-refractivity contribution >= 4 is 23.4 Å². The number of benzene rings is 1. The van der Waals surface area contributed by atoms with Crippen LogP contribution in [0, 0.1) is 23.7 Å². The van der Waals surface area contributed by atoms with Crippen LogP contribution < -0.4 is 5.32 Å². The summed E-state index contributed by atoms with van der Waals surface area (Å²) in [6.07, 6.45) is 3.68. The molecule has 3 rings (SSSR count). The first-order valence-electron chi connectivity index (χ1n) is 8.33. The number of carbonyl (C=O) groups is 3. The third-order valence-electron chi connectivity index (χ3n) is 4.87. The maximum absolute atomic E-state index is 12.8. The number of likely N-dealkylation sites (tertiary alicyclic amines) is 1. The van der Waals surface area contributed by atoms with Gasteiger partial charge in [-0.3, -0.25) is 19.3 Å². The van der Waals surface area contributed by atoms with Crippen molar-refractivity contribution in [3.8, 4) is 0 Å². The van der Waals surface area contributed by atoms with Crippen molar-refractivity contribution < 1.29 is 14.4 Å². The number of rotatable bonds is 3. The van der Waals surface area contributed by atoms with Crippen molar-refractivity contribution in [3.05, 3.63) is 42.5 Å². The van der Waals surface area contributed by atoms with Gasteiger partial charge in [-0.25, -0.2) is 0 Å². The van der Waals surface area contributed by atoms with Gasteiger partial charge in [0, 0.05) is 11.7 Å². The van der Waals surface area contributed by atoms with E-state index < -0.39 is 17.8 Å². The Hall–Kier alpha value is -2.43. The number of amides is 3. The zero-order chi connectivity index (χ0) is 17.4. The number of allylic oxidation sites excluding steroid dienone is 1. The minimum atomic E-state index is -0.608. The molecule has 0 spiro atoms. The number of para-hydroxylation sites is 1. The fraction of sp³-hybridized carbons (Fsp3) is 0.421. The minimum Gasteiger partial charge on any atom is -0.326 e. The molecular formula is C19H22N2O3. The molecule has 0 bridgehead atoms. The molecule has 1 N–H and O–H groups in total. The lowest BCUT2D eigenvalue weighted by Gasteiger charge is -2.30. The van der Waals surface area contributed by atoms with Crippen LogP contribution in [0.3, 0.4) is 0 Å². The van der Waals surface area contributed by atoms with Crippen molar-refractivity contribution in [3.63, 3.8) is 0 Å². The Kier molecular flexibility index (Phi) is 4.26. The minimum absolute atomic E-state index is 0.0983. The summed E-state index contributed by atoms with van der Waals surface area (Å²) < 4.78 is 0. The molecule has 1 aromatic rings. The summed E-state index contributed by atoms with van der Waals surface area (Å²) in [5, 5.41) is 2.88. The lowest BCUT2D eigenvalue weighted by molar-refractivity contribution is -0.143. The van der Waals surface area contributed by atoms with E-state index in [1.807, 2.05) is 45.0 Å². The highest BCUT2D eigenvalue weighted by Gasteiger charge is 2.54. The highest BCUT2D eigenvalue weighted by atomic mass is 16.2. The number of imide groups is 1. The molecule has 0 unspecified atom stereocenters. The molecule has 0 aromatic heterocycles. The fourth-order valence-electron chi connectivity index (χ4n) is 3.72. The third kappa shape index (κ3) is 2.64. The second-order valence-corrected chi connectivity index (χ2v) is 6.82. The van der Waals surface area contributed by atoms with Crippen LogP contribution in [-0.2, 0) is 14.4 Å². The van der Waals surface area contributed by atoms with Gasteiger partial charge >= 0.3 is 0 Å². The van der Waals surface area contributed by atoms with Crippen molar-refractivity contribution in [2.24, 2.45) is 23.7 Å². The van der Waals surface area contributed by atoms with Crippen LogP contribution >= 0.6 is 0 Å². The highest BCUT2D eigenvalue weighted by molar-refractivity contribution is 6.09. The Morgan fingerprint density at radius 2 is 1.75 bits per heavy atom. The first-order chi connectivity index (χ1) is 11.4. The van der Waals surface area contributed by atoms with Gasteiger partial charge in [-0.15, -0.1) is 0 Å². The number of fused-ring (bicyclic) bond motifs is 1. The third-order valence-corrected chi connectivity index (χ3v) is 4.87. The van der Waals surface area contributed by atoms with Gasteiger partial charge in [0.15, 0.2) is 0 Å². The first kappa shape index (κ1) is 16.4. The Morgan fingerprint density at radius 1 is 1.08 bits per heavy atom. The standard InChI is InChI=1S/C19H22N2O3/c1-11(2)21-18(23)14-10-9-12(3)15(16(14)19(21)24)17(22)20-13-7-5-4-6-8-13/h4-12,14-16H,1-3H3,(H,20,22)/t12-,14+,15+,16+/m1/s1. The van der Waals surface area contributed by atoms with E-state index >= 15 is 0 Å². The summed E-state index contributed by atoms with van der Waals surface area (Å²) in [6.45, 7) is 5.55. The molecule has 1 aromatic carbocycles. The predicted octanol–water partition coefficient (Wildman–Crippen LogP) is 2.46. The smallest absolute Gasteiger partial charge is 0.237 e. The maximum atomic E-state index is 12.8. The van der Waals surface area contributed by atoms with Crippen LogP contribution in [0.2, 0.25) is 0 Å². The molecule has 1 fully saturated rings. The van der Waals surface area contributed by atoms with E-state index in [1.165, 1.54) is 4.90 Å². The zero-order valence-corrected chi connectivity index (χ0v) is 14.1. The molecule has 1 saturated heterocycles. The van der Waals surface area contributed by atoms with Crippen LogP contribution in [0.1, 0.15) is 20.8 Å². The van der Waals surface area contributed by atoms with Crippen LogP contribution in [0.25, 0.3) is 0 Å². The summed E-state index contributed by atoms with van der Waals surface area (Å²) >= 11 is 0. The Morgan fingerprint density at radius 3 is 2.38 bits per heavy atom. The summed E-state index contributed by atoms with van der Waals surface area (Å²) in [4.78, 5) is 39.5. The van der Waals surface area contributed by atoms with Crippen LogP contribution in [-0.4, -0.2) is 28.7 Å². The van der Waals surface area contributed by atoms with Crippen LogP contribution in [0.15, 0.2) is 42.5 Å². The number of carbonyl (C=O) groups excluding carboxylic acids is 3. The highest BCUT2D eigenvalue weighted by Crippen LogP contribution is 2.42. The van der Waals surface area contributed by atoms with Gasteiger partial charge in [-0.2, -0.15) is 0 Å². The van der Waals surface area contributed by atoms with E-state index in [0.717, 1.165) is 0 Å². The largest absolute Gasteiger partial charge is 0.326 e. The zero-order valence-electron chi connectivity index (χ0n) is 14.1. The lowest BCUT2D eigenvalue weighted by atomic mass is 9.71. The summed E-state index contributed by atoms with van der Waals surface area (Å²) in [6, 6.07) is 8.97. The molecule has 3 amide bonds. The van der Waals surface area contributed by atoms with E-state index in [9.17, 15) is 14.4 Å². The van der Waals surface area contributed by atoms with E-state index in [2.05, 4.69) is 5.32 Å². The van der Waals surface area contributed by atoms with Crippen LogP contribution in [0.5, 0.6) is 0 Å². The molecule has 0 saturated carbocycles. The summed E-state index contributed by atoms with van der Waals surface area (Å²) in [5.41, 5.74) is 0.693. The number of hydrogen-bond donors (Lipinski definition) is 1. The van der Waals surface area contributed by atoms with Gasteiger partial charge in [0.2, 0.25) is 17.7 Å². The Labute approximate surface area is 141 Å². The quantitative estimate of drug-likeness (QED) is 0.685. The molecular weight excluding hydrogens is 304 g/mol. The molecule has 126 valence electrons. The Bertz CT molecular complexity index is 696. The fourth-order valence-corrected chi connectivity index (χ4v) is 3.72. The second kappa shape index (κ2) is 6.23. The second-order valence-electron chi connectivity index (χ2n) is 6.82. The molecule has 1 heterocycles. The van der Waals surface area contributed by atoms with Crippen molar-refractivity contribution in [1.29, 1.82) is 0 Å². The van der Waals surface area contributed by atoms with E-state index in [-0.39, 0.29) is 29.7 Å². The van der Waals surface area contributed by atoms with Gasteiger partial charge in [0.25, 0.3) is 0 Å². The molecule has 0 radical (unpaired) electrons. The number of anilines is 1. The monoisotopic (exact) mass is 326 g/mol. The topological polar surface area (TPSA) is 66.5 Å². The number of nitrogens with zero attached hydrogens (tertiary/aromatic N) is 1. The molecule has 5 nitrogen and oxygen atoms in total. The molecule has 1 aliphatic carbocycles. The summed E-state index contributed by atoms with van der Waals surface area (Å²) in [5.74, 6) is -2.41. The molecule has 24 heavy (non-hydrogen) atoms. The van der Waals surface area contributed by atoms with Gasteiger partial charge in [0.05, 0.1) is 17.8 Å². The average molecular weight is 326 g/mol. The number of nitrogens with one attached hydrogen (secondary N) is 1. The Balaban J connectivity index is 1.90. The van der Waals surface area contributed by atoms with Gasteiger partial charge in [0.1, 0.15) is 0 Å². The van der Waals surface area contributed by atoms with Crippen molar-refractivity contribution in [2.75, 3.05) is 5.32 Å². The van der Waals surface area contributed by atoms with Crippen molar-refractivity contribution in [2.45, 2.75) is 26.8 Å². The molecule has 2 aliphatic rings. The number of hydrogen-bond acceptors (Lipinski definition) is 3. The maximum Gasteiger partial charge on any atom is 0.237 e. The molecule has 1 aliphatic heterocycles. The van der Waals surface area contributed by atoms with Crippen molar-refractivity contribution in [1.82, 2.24) is 4.90 Å². The van der Waals surface area contributed by atoms with E-state index in [0.29, 0.717) is 5.69 Å². The first-order valence-corrected chi connectivity index (χ1v) is 8.33. The van der Waals surface area contributed by atoms with Crippen LogP contribution in [0.4, 0.5) is 5.69 Å². The normalized spacial score (nSPS) is 29.1. The lowest BCUT2D eigenvalue weighted by Crippen LogP contribution is -2.42. The molecule has 5 heteroatoms. The predicted molar refractivity (Wildman–Crippen MR) is 90.8 cm³/mol. The molecule has 4 atom stereocenters. The average Bonchev–Trinajstić information content (AvgIpc) is 2.79. The van der Waals surface area contributed by atoms with Gasteiger partial charge < -0.3 is 5.32 Å². The SMILES string of the molecule is CC(C)N1C(=O)[C@@H]2[C@@H](C(=O)Nc3ccccc3)[C@H](C)C=C[C@@H]2C1=O.